The van der Waals surface area contributed by atoms with Crippen molar-refractivity contribution in [2.45, 2.75) is 52.1 Å². The Kier molecular flexibility index (Phi) is 4.76. The van der Waals surface area contributed by atoms with E-state index in [4.69, 9.17) is 4.74 Å². The van der Waals surface area contributed by atoms with Gasteiger partial charge in [0.1, 0.15) is 5.41 Å². The highest BCUT2D eigenvalue weighted by atomic mass is 16.5. The van der Waals surface area contributed by atoms with E-state index in [1.165, 1.54) is 0 Å². The van der Waals surface area contributed by atoms with Gasteiger partial charge in [-0.3, -0.25) is 4.79 Å². The maximum Gasteiger partial charge on any atom is 0.315 e. The molecule has 6 heteroatoms. The number of urea groups is 1. The first kappa shape index (κ1) is 16.1. The number of carbonyl (C=O) groups is 2. The van der Waals surface area contributed by atoms with Gasteiger partial charge in [-0.05, 0) is 31.6 Å². The van der Waals surface area contributed by atoms with Gasteiger partial charge < -0.3 is 20.5 Å². The van der Waals surface area contributed by atoms with Crippen molar-refractivity contribution in [3.8, 4) is 0 Å². The van der Waals surface area contributed by atoms with Gasteiger partial charge in [0.25, 0.3) is 0 Å². The van der Waals surface area contributed by atoms with Crippen molar-refractivity contribution in [3.05, 3.63) is 0 Å². The second kappa shape index (κ2) is 6.22. The van der Waals surface area contributed by atoms with Crippen LogP contribution in [0.25, 0.3) is 0 Å². The summed E-state index contributed by atoms with van der Waals surface area (Å²) in [5.41, 5.74) is -1.05. The number of amides is 2. The van der Waals surface area contributed by atoms with Gasteiger partial charge in [-0.1, -0.05) is 20.3 Å². The average molecular weight is 298 g/mol. The van der Waals surface area contributed by atoms with E-state index >= 15 is 0 Å². The minimum absolute atomic E-state index is 0.130. The molecule has 1 saturated carbocycles. The van der Waals surface area contributed by atoms with Crippen molar-refractivity contribution in [1.82, 2.24) is 10.6 Å². The monoisotopic (exact) mass is 298 g/mol. The van der Waals surface area contributed by atoms with Gasteiger partial charge in [0.05, 0.1) is 19.3 Å². The Hall–Kier alpha value is -1.30. The van der Waals surface area contributed by atoms with Crippen LogP contribution in [0.4, 0.5) is 4.79 Å². The number of aliphatic carboxylic acids is 1. The lowest BCUT2D eigenvalue weighted by Crippen LogP contribution is -2.54. The molecule has 0 aromatic heterocycles. The molecule has 0 spiro atoms. The molecule has 5 unspecified atom stereocenters. The number of nitrogens with one attached hydrogen (secondary N) is 2. The summed E-state index contributed by atoms with van der Waals surface area (Å²) >= 11 is 0. The Morgan fingerprint density at radius 2 is 2.05 bits per heavy atom. The molecule has 2 rings (SSSR count). The molecule has 6 nitrogen and oxygen atoms in total. The van der Waals surface area contributed by atoms with Crippen molar-refractivity contribution in [2.75, 3.05) is 13.2 Å². The third-order valence-electron chi connectivity index (χ3n) is 5.32. The smallest absolute Gasteiger partial charge is 0.315 e. The van der Waals surface area contributed by atoms with Gasteiger partial charge in [0, 0.05) is 6.04 Å². The van der Waals surface area contributed by atoms with Crippen LogP contribution in [0.15, 0.2) is 0 Å². The quantitative estimate of drug-likeness (QED) is 0.735. The van der Waals surface area contributed by atoms with Gasteiger partial charge >= 0.3 is 12.0 Å². The Labute approximate surface area is 125 Å². The fourth-order valence-electron chi connectivity index (χ4n) is 3.48. The number of hydrogen-bond acceptors (Lipinski definition) is 3. The van der Waals surface area contributed by atoms with Gasteiger partial charge in [-0.2, -0.15) is 0 Å². The van der Waals surface area contributed by atoms with Crippen molar-refractivity contribution in [3.63, 3.8) is 0 Å². The van der Waals surface area contributed by atoms with Crippen LogP contribution in [0.5, 0.6) is 0 Å². The SMILES string of the molecule is CCC1CCC(NC(=O)NC2COCC2(C)C(=O)O)C1C. The molecule has 0 bridgehead atoms. The Balaban J connectivity index is 1.89. The van der Waals surface area contributed by atoms with Crippen molar-refractivity contribution >= 4 is 12.0 Å². The van der Waals surface area contributed by atoms with E-state index in [0.29, 0.717) is 11.8 Å². The Morgan fingerprint density at radius 3 is 2.62 bits per heavy atom. The lowest BCUT2D eigenvalue weighted by molar-refractivity contribution is -0.148. The van der Waals surface area contributed by atoms with Gasteiger partial charge in [-0.25, -0.2) is 4.79 Å². The minimum atomic E-state index is -1.05. The second-order valence-corrected chi connectivity index (χ2v) is 6.62. The molecule has 2 fully saturated rings. The molecule has 0 radical (unpaired) electrons. The van der Waals surface area contributed by atoms with Gasteiger partial charge in [0.15, 0.2) is 0 Å². The zero-order valence-electron chi connectivity index (χ0n) is 13.0. The first-order valence-corrected chi connectivity index (χ1v) is 7.76. The molecule has 1 saturated heterocycles. The molecule has 0 aromatic carbocycles. The van der Waals surface area contributed by atoms with Crippen LogP contribution in [-0.4, -0.2) is 42.4 Å². The molecule has 120 valence electrons. The van der Waals surface area contributed by atoms with Crippen LogP contribution in [0, 0.1) is 17.3 Å². The summed E-state index contributed by atoms with van der Waals surface area (Å²) in [5, 5.41) is 15.1. The summed E-state index contributed by atoms with van der Waals surface area (Å²) < 4.78 is 5.24. The standard InChI is InChI=1S/C15H26N2O4/c1-4-10-5-6-11(9(10)2)16-14(20)17-12-7-21-8-15(12,3)13(18)19/h9-12H,4-8H2,1-3H3,(H,18,19)(H2,16,17,20). The van der Waals surface area contributed by atoms with Crippen LogP contribution in [0.1, 0.15) is 40.0 Å². The Bertz CT molecular complexity index is 414. The van der Waals surface area contributed by atoms with Crippen molar-refractivity contribution in [1.29, 1.82) is 0 Å². The van der Waals surface area contributed by atoms with E-state index in [2.05, 4.69) is 24.5 Å². The number of carboxylic acid groups (broad SMARTS) is 1. The zero-order chi connectivity index (χ0) is 15.6. The zero-order valence-corrected chi connectivity index (χ0v) is 13.0. The number of carboxylic acids is 1. The molecule has 1 aliphatic carbocycles. The highest BCUT2D eigenvalue weighted by Gasteiger charge is 2.47. The number of ether oxygens (including phenoxy) is 1. The molecular formula is C15H26N2O4. The van der Waals surface area contributed by atoms with Crippen LogP contribution >= 0.6 is 0 Å². The number of carbonyl (C=O) groups excluding carboxylic acids is 1. The van der Waals surface area contributed by atoms with Crippen molar-refractivity contribution < 1.29 is 19.4 Å². The molecule has 2 amide bonds. The van der Waals surface area contributed by atoms with Crippen LogP contribution < -0.4 is 10.6 Å². The predicted octanol–water partition coefficient (Wildman–Crippen LogP) is 1.60. The molecule has 3 N–H and O–H groups in total. The van der Waals surface area contributed by atoms with E-state index in [1.54, 1.807) is 6.92 Å². The largest absolute Gasteiger partial charge is 0.481 e. The topological polar surface area (TPSA) is 87.7 Å². The fourth-order valence-corrected chi connectivity index (χ4v) is 3.48. The molecule has 21 heavy (non-hydrogen) atoms. The summed E-state index contributed by atoms with van der Waals surface area (Å²) in [6.07, 6.45) is 3.26. The Morgan fingerprint density at radius 1 is 1.33 bits per heavy atom. The molecule has 2 aliphatic rings. The first-order valence-electron chi connectivity index (χ1n) is 7.76. The first-order chi connectivity index (χ1) is 9.88. The fraction of sp³-hybridized carbons (Fsp3) is 0.867. The summed E-state index contributed by atoms with van der Waals surface area (Å²) in [7, 11) is 0. The third-order valence-corrected chi connectivity index (χ3v) is 5.32. The lowest BCUT2D eigenvalue weighted by Gasteiger charge is -2.27. The van der Waals surface area contributed by atoms with E-state index in [-0.39, 0.29) is 25.3 Å². The second-order valence-electron chi connectivity index (χ2n) is 6.62. The minimum Gasteiger partial charge on any atom is -0.481 e. The van der Waals surface area contributed by atoms with E-state index in [9.17, 15) is 14.7 Å². The maximum atomic E-state index is 12.1. The summed E-state index contributed by atoms with van der Waals surface area (Å²) in [4.78, 5) is 23.5. The molecular weight excluding hydrogens is 272 g/mol. The highest BCUT2D eigenvalue weighted by Crippen LogP contribution is 2.34. The number of hydrogen-bond donors (Lipinski definition) is 3. The van der Waals surface area contributed by atoms with Crippen LogP contribution in [0.3, 0.4) is 0 Å². The molecule has 1 aliphatic heterocycles. The maximum absolute atomic E-state index is 12.1. The third kappa shape index (κ3) is 3.15. The summed E-state index contributed by atoms with van der Waals surface area (Å²) in [6.45, 7) is 6.33. The van der Waals surface area contributed by atoms with E-state index < -0.39 is 17.4 Å². The molecule has 5 atom stereocenters. The van der Waals surface area contributed by atoms with Gasteiger partial charge in [-0.15, -0.1) is 0 Å². The summed E-state index contributed by atoms with van der Waals surface area (Å²) in [6, 6.07) is -0.603. The van der Waals surface area contributed by atoms with Crippen molar-refractivity contribution in [2.24, 2.45) is 17.3 Å². The van der Waals surface area contributed by atoms with Crippen LogP contribution in [0.2, 0.25) is 0 Å². The summed E-state index contributed by atoms with van der Waals surface area (Å²) in [5.74, 6) is 0.186. The lowest BCUT2D eigenvalue weighted by atomic mass is 9.85. The predicted molar refractivity (Wildman–Crippen MR) is 78.0 cm³/mol. The average Bonchev–Trinajstić information content (AvgIpc) is 2.96. The molecule has 0 aromatic rings. The van der Waals surface area contributed by atoms with Gasteiger partial charge in [0.2, 0.25) is 0 Å². The van der Waals surface area contributed by atoms with Crippen LogP contribution in [-0.2, 0) is 9.53 Å². The highest BCUT2D eigenvalue weighted by molar-refractivity contribution is 5.79. The number of rotatable bonds is 4. The normalized spacial score (nSPS) is 39.2. The molecule has 1 heterocycles. The van der Waals surface area contributed by atoms with E-state index in [0.717, 1.165) is 19.3 Å². The van der Waals surface area contributed by atoms with E-state index in [1.807, 2.05) is 0 Å².